The lowest BCUT2D eigenvalue weighted by molar-refractivity contribution is -0.139. The second-order valence-corrected chi connectivity index (χ2v) is 7.18. The molecule has 0 bridgehead atoms. The number of piperazine rings is 1. The summed E-state index contributed by atoms with van der Waals surface area (Å²) in [5.41, 5.74) is 0.133. The Labute approximate surface area is 144 Å². The molecule has 0 aromatic heterocycles. The van der Waals surface area contributed by atoms with E-state index in [9.17, 15) is 9.59 Å². The molecule has 1 unspecified atom stereocenters. The van der Waals surface area contributed by atoms with E-state index in [1.165, 1.54) is 0 Å². The first-order chi connectivity index (χ1) is 11.4. The molecule has 24 heavy (non-hydrogen) atoms. The third-order valence-electron chi connectivity index (χ3n) is 4.83. The van der Waals surface area contributed by atoms with Crippen molar-refractivity contribution < 1.29 is 14.3 Å². The van der Waals surface area contributed by atoms with Gasteiger partial charge in [-0.1, -0.05) is 0 Å². The van der Waals surface area contributed by atoms with Crippen molar-refractivity contribution in [3.63, 3.8) is 0 Å². The first kappa shape index (κ1) is 18.7. The molecule has 7 nitrogen and oxygen atoms in total. The summed E-state index contributed by atoms with van der Waals surface area (Å²) >= 11 is 0. The Morgan fingerprint density at radius 2 is 2.00 bits per heavy atom. The molecule has 7 heteroatoms. The van der Waals surface area contributed by atoms with Gasteiger partial charge in [-0.15, -0.1) is 0 Å². The van der Waals surface area contributed by atoms with Gasteiger partial charge in [-0.05, 0) is 39.8 Å². The minimum absolute atomic E-state index is 0.0423. The largest absolute Gasteiger partial charge is 0.497 e. The minimum Gasteiger partial charge on any atom is -0.497 e. The number of carbonyl (C=O) groups is 2. The number of hydrogen-bond donors (Lipinski definition) is 2. The van der Waals surface area contributed by atoms with Gasteiger partial charge >= 0.3 is 11.8 Å². The lowest BCUT2D eigenvalue weighted by atomic mass is 10.00. The zero-order valence-corrected chi connectivity index (χ0v) is 15.0. The second kappa shape index (κ2) is 8.48. The van der Waals surface area contributed by atoms with Crippen LogP contribution in [0.5, 0.6) is 0 Å². The van der Waals surface area contributed by atoms with E-state index in [-0.39, 0.29) is 11.6 Å². The molecule has 1 atom stereocenters. The summed E-state index contributed by atoms with van der Waals surface area (Å²) in [6.45, 7) is 8.98. The van der Waals surface area contributed by atoms with E-state index in [2.05, 4.69) is 41.3 Å². The third-order valence-corrected chi connectivity index (χ3v) is 4.83. The van der Waals surface area contributed by atoms with Gasteiger partial charge in [0.2, 0.25) is 0 Å². The maximum absolute atomic E-state index is 11.8. The summed E-state index contributed by atoms with van der Waals surface area (Å²) in [5.74, 6) is -1.17. The van der Waals surface area contributed by atoms with E-state index in [0.29, 0.717) is 13.1 Å². The predicted octanol–water partition coefficient (Wildman–Crippen LogP) is -0.0625. The van der Waals surface area contributed by atoms with Crippen molar-refractivity contribution in [2.24, 2.45) is 0 Å². The number of rotatable bonds is 5. The number of allylic oxidation sites excluding steroid dienone is 1. The zero-order chi connectivity index (χ0) is 17.6. The van der Waals surface area contributed by atoms with Crippen LogP contribution in [-0.4, -0.2) is 79.6 Å². The van der Waals surface area contributed by atoms with Gasteiger partial charge < -0.3 is 15.4 Å². The predicted molar refractivity (Wildman–Crippen MR) is 92.4 cm³/mol. The SMILES string of the molecule is CN1CCN(CCNC(=O)C(=O)NCC2CCC=CO2)CC1(C)C. The van der Waals surface area contributed by atoms with E-state index in [1.54, 1.807) is 6.26 Å². The van der Waals surface area contributed by atoms with Crippen molar-refractivity contribution in [2.45, 2.75) is 38.3 Å². The molecule has 2 aliphatic rings. The highest BCUT2D eigenvalue weighted by Gasteiger charge is 2.30. The Kier molecular flexibility index (Phi) is 6.62. The average molecular weight is 338 g/mol. The molecule has 1 saturated heterocycles. The molecule has 136 valence electrons. The summed E-state index contributed by atoms with van der Waals surface area (Å²) in [6, 6.07) is 0. The molecule has 1 fully saturated rings. The molecule has 2 rings (SSSR count). The topological polar surface area (TPSA) is 73.9 Å². The number of ether oxygens (including phenoxy) is 1. The Bertz CT molecular complexity index is 478. The number of carbonyl (C=O) groups excluding carboxylic acids is 2. The highest BCUT2D eigenvalue weighted by Crippen LogP contribution is 2.18. The molecule has 2 N–H and O–H groups in total. The molecular formula is C17H30N4O3. The Morgan fingerprint density at radius 1 is 1.25 bits per heavy atom. The maximum atomic E-state index is 11.8. The van der Waals surface area contributed by atoms with Gasteiger partial charge in [0.1, 0.15) is 6.10 Å². The van der Waals surface area contributed by atoms with Crippen LogP contribution in [-0.2, 0) is 14.3 Å². The number of nitrogens with one attached hydrogen (secondary N) is 2. The lowest BCUT2D eigenvalue weighted by Gasteiger charge is -2.45. The molecule has 0 spiro atoms. The molecule has 2 heterocycles. The Morgan fingerprint density at radius 3 is 2.67 bits per heavy atom. The highest BCUT2D eigenvalue weighted by atomic mass is 16.5. The number of likely N-dealkylation sites (N-methyl/N-ethyl adjacent to an activating group) is 1. The first-order valence-corrected chi connectivity index (χ1v) is 8.68. The van der Waals surface area contributed by atoms with Crippen molar-refractivity contribution in [1.82, 2.24) is 20.4 Å². The molecule has 0 aromatic rings. The van der Waals surface area contributed by atoms with Crippen molar-refractivity contribution >= 4 is 11.8 Å². The van der Waals surface area contributed by atoms with Crippen LogP contribution in [0.1, 0.15) is 26.7 Å². The molecule has 0 saturated carbocycles. The molecule has 0 radical (unpaired) electrons. The minimum atomic E-state index is -0.591. The van der Waals surface area contributed by atoms with Gasteiger partial charge in [0.05, 0.1) is 12.8 Å². The van der Waals surface area contributed by atoms with Crippen molar-refractivity contribution in [2.75, 3.05) is 46.3 Å². The number of nitrogens with zero attached hydrogens (tertiary/aromatic N) is 2. The van der Waals surface area contributed by atoms with Crippen LogP contribution in [0.15, 0.2) is 12.3 Å². The third kappa shape index (κ3) is 5.49. The van der Waals surface area contributed by atoms with Crippen molar-refractivity contribution in [1.29, 1.82) is 0 Å². The summed E-state index contributed by atoms with van der Waals surface area (Å²) in [7, 11) is 2.13. The van der Waals surface area contributed by atoms with Gasteiger partial charge in [-0.2, -0.15) is 0 Å². The summed E-state index contributed by atoms with van der Waals surface area (Å²) in [6.07, 6.45) is 5.35. The lowest BCUT2D eigenvalue weighted by Crippen LogP contribution is -2.58. The summed E-state index contributed by atoms with van der Waals surface area (Å²) in [5, 5.41) is 5.32. The highest BCUT2D eigenvalue weighted by molar-refractivity contribution is 6.35. The van der Waals surface area contributed by atoms with Gasteiger partial charge in [-0.3, -0.25) is 19.4 Å². The smallest absolute Gasteiger partial charge is 0.309 e. The van der Waals surface area contributed by atoms with Crippen LogP contribution < -0.4 is 10.6 Å². The first-order valence-electron chi connectivity index (χ1n) is 8.68. The normalized spacial score (nSPS) is 24.2. The van der Waals surface area contributed by atoms with Gasteiger partial charge in [0.15, 0.2) is 0 Å². The molecule has 2 amide bonds. The maximum Gasteiger partial charge on any atom is 0.309 e. The van der Waals surface area contributed by atoms with E-state index in [0.717, 1.165) is 39.0 Å². The van der Waals surface area contributed by atoms with E-state index in [4.69, 9.17) is 4.74 Å². The Hall–Kier alpha value is -1.60. The van der Waals surface area contributed by atoms with E-state index in [1.807, 2.05) is 6.08 Å². The quantitative estimate of drug-likeness (QED) is 0.687. The van der Waals surface area contributed by atoms with Crippen LogP contribution in [0.3, 0.4) is 0 Å². The fourth-order valence-electron chi connectivity index (χ4n) is 2.96. The number of amides is 2. The molecule has 2 aliphatic heterocycles. The fourth-order valence-corrected chi connectivity index (χ4v) is 2.96. The van der Waals surface area contributed by atoms with Gasteiger partial charge in [0.25, 0.3) is 0 Å². The molecule has 0 aliphatic carbocycles. The zero-order valence-electron chi connectivity index (χ0n) is 15.0. The van der Waals surface area contributed by atoms with Crippen LogP contribution in [0.25, 0.3) is 0 Å². The summed E-state index contributed by atoms with van der Waals surface area (Å²) < 4.78 is 5.36. The average Bonchev–Trinajstić information content (AvgIpc) is 2.56. The molecule has 0 aromatic carbocycles. The fraction of sp³-hybridized carbons (Fsp3) is 0.765. The van der Waals surface area contributed by atoms with Crippen LogP contribution in [0.4, 0.5) is 0 Å². The Balaban J connectivity index is 1.62. The summed E-state index contributed by atoms with van der Waals surface area (Å²) in [4.78, 5) is 28.3. The second-order valence-electron chi connectivity index (χ2n) is 7.18. The van der Waals surface area contributed by atoms with Crippen molar-refractivity contribution in [3.05, 3.63) is 12.3 Å². The standard InChI is InChI=1S/C17H30N4O3/c1-17(2)13-21(10-9-20(17)3)8-7-18-15(22)16(23)19-12-14-6-4-5-11-24-14/h5,11,14H,4,6-10,12-13H2,1-3H3,(H,18,22)(H,19,23). The van der Waals surface area contributed by atoms with Crippen LogP contribution >= 0.6 is 0 Å². The van der Waals surface area contributed by atoms with Gasteiger partial charge in [-0.25, -0.2) is 0 Å². The van der Waals surface area contributed by atoms with E-state index < -0.39 is 11.8 Å². The van der Waals surface area contributed by atoms with E-state index >= 15 is 0 Å². The molecular weight excluding hydrogens is 308 g/mol. The van der Waals surface area contributed by atoms with Crippen LogP contribution in [0, 0.1) is 0 Å². The van der Waals surface area contributed by atoms with Gasteiger partial charge in [0, 0.05) is 38.3 Å². The van der Waals surface area contributed by atoms with Crippen molar-refractivity contribution in [3.8, 4) is 0 Å². The number of hydrogen-bond acceptors (Lipinski definition) is 5. The van der Waals surface area contributed by atoms with Crippen LogP contribution in [0.2, 0.25) is 0 Å². The monoisotopic (exact) mass is 338 g/mol.